The quantitative estimate of drug-likeness (QED) is 0.207. The summed E-state index contributed by atoms with van der Waals surface area (Å²) in [5.41, 5.74) is 12.1. The standard InChI is InChI=1S/C42H32N2/c1-42(2)37-20-12-11-19-36(37)40-38(42)27-32-17-9-10-18-35(32)41(40)44(34-24-21-31(22-25-34)29-13-5-3-6-14-29)39-26-23-33(28-43-39)30-15-7-4-8-16-30/h3-28H,1-2H3. The summed E-state index contributed by atoms with van der Waals surface area (Å²) in [6, 6.07) is 54.3. The van der Waals surface area contributed by atoms with Crippen molar-refractivity contribution in [3.8, 4) is 33.4 Å². The molecule has 210 valence electrons. The molecule has 0 amide bonds. The Morgan fingerprint density at radius 3 is 1.82 bits per heavy atom. The molecule has 2 nitrogen and oxygen atoms in total. The summed E-state index contributed by atoms with van der Waals surface area (Å²) in [5, 5.41) is 2.44. The molecule has 44 heavy (non-hydrogen) atoms. The summed E-state index contributed by atoms with van der Waals surface area (Å²) < 4.78 is 0. The Labute approximate surface area is 258 Å². The molecular weight excluding hydrogens is 532 g/mol. The average Bonchev–Trinajstić information content (AvgIpc) is 3.32. The highest BCUT2D eigenvalue weighted by atomic mass is 15.2. The molecule has 1 aliphatic rings. The van der Waals surface area contributed by atoms with Crippen LogP contribution in [-0.2, 0) is 5.41 Å². The van der Waals surface area contributed by atoms with Crippen molar-refractivity contribution in [1.82, 2.24) is 4.98 Å². The van der Waals surface area contributed by atoms with E-state index >= 15 is 0 Å². The van der Waals surface area contributed by atoms with Gasteiger partial charge in [-0.3, -0.25) is 4.90 Å². The number of nitrogens with zero attached hydrogens (tertiary/aromatic N) is 2. The Morgan fingerprint density at radius 1 is 0.523 bits per heavy atom. The Balaban J connectivity index is 1.39. The lowest BCUT2D eigenvalue weighted by atomic mass is 9.81. The van der Waals surface area contributed by atoms with Gasteiger partial charge in [0.1, 0.15) is 5.82 Å². The number of fused-ring (bicyclic) bond motifs is 4. The highest BCUT2D eigenvalue weighted by Crippen LogP contribution is 2.56. The predicted molar refractivity (Wildman–Crippen MR) is 185 cm³/mol. The normalized spacial score (nSPS) is 13.0. The van der Waals surface area contributed by atoms with E-state index in [0.29, 0.717) is 0 Å². The van der Waals surface area contributed by atoms with Crippen LogP contribution in [0.15, 0.2) is 158 Å². The van der Waals surface area contributed by atoms with Crippen LogP contribution in [0.2, 0.25) is 0 Å². The Morgan fingerprint density at radius 2 is 1.11 bits per heavy atom. The van der Waals surface area contributed by atoms with Crippen molar-refractivity contribution in [3.05, 3.63) is 169 Å². The van der Waals surface area contributed by atoms with Crippen LogP contribution >= 0.6 is 0 Å². The Hall–Kier alpha value is -5.47. The van der Waals surface area contributed by atoms with Gasteiger partial charge in [-0.1, -0.05) is 135 Å². The third-order valence-corrected chi connectivity index (χ3v) is 9.11. The lowest BCUT2D eigenvalue weighted by molar-refractivity contribution is 0.661. The monoisotopic (exact) mass is 564 g/mol. The second kappa shape index (κ2) is 10.4. The van der Waals surface area contributed by atoms with E-state index in [2.05, 4.69) is 164 Å². The summed E-state index contributed by atoms with van der Waals surface area (Å²) in [6.07, 6.45) is 2.00. The third-order valence-electron chi connectivity index (χ3n) is 9.11. The molecule has 1 aromatic heterocycles. The molecule has 0 unspecified atom stereocenters. The van der Waals surface area contributed by atoms with E-state index in [1.807, 2.05) is 12.3 Å². The second-order valence-electron chi connectivity index (χ2n) is 12.1. The van der Waals surface area contributed by atoms with Crippen LogP contribution in [0.25, 0.3) is 44.2 Å². The van der Waals surface area contributed by atoms with Crippen LogP contribution in [0.1, 0.15) is 25.0 Å². The van der Waals surface area contributed by atoms with Crippen LogP contribution < -0.4 is 4.90 Å². The van der Waals surface area contributed by atoms with E-state index in [0.717, 1.165) is 22.6 Å². The van der Waals surface area contributed by atoms with Crippen molar-refractivity contribution in [1.29, 1.82) is 0 Å². The highest BCUT2D eigenvalue weighted by Gasteiger charge is 2.39. The minimum absolute atomic E-state index is 0.127. The van der Waals surface area contributed by atoms with Gasteiger partial charge in [0.2, 0.25) is 0 Å². The molecule has 1 aliphatic carbocycles. The average molecular weight is 565 g/mol. The van der Waals surface area contributed by atoms with Gasteiger partial charge >= 0.3 is 0 Å². The van der Waals surface area contributed by atoms with Gasteiger partial charge < -0.3 is 0 Å². The Bertz CT molecular complexity index is 2030. The van der Waals surface area contributed by atoms with Crippen molar-refractivity contribution < 1.29 is 0 Å². The third kappa shape index (κ3) is 4.22. The van der Waals surface area contributed by atoms with E-state index in [-0.39, 0.29) is 5.41 Å². The van der Waals surface area contributed by atoms with Crippen LogP contribution in [-0.4, -0.2) is 4.98 Å². The molecule has 2 heteroatoms. The molecule has 0 N–H and O–H groups in total. The number of pyridine rings is 1. The number of benzene rings is 6. The maximum absolute atomic E-state index is 5.14. The van der Waals surface area contributed by atoms with Gasteiger partial charge in [0, 0.05) is 33.8 Å². The summed E-state index contributed by atoms with van der Waals surface area (Å²) in [6.45, 7) is 4.70. The molecule has 0 saturated heterocycles. The van der Waals surface area contributed by atoms with E-state index < -0.39 is 0 Å². The fourth-order valence-electron chi connectivity index (χ4n) is 6.85. The summed E-state index contributed by atoms with van der Waals surface area (Å²) >= 11 is 0. The highest BCUT2D eigenvalue weighted by molar-refractivity contribution is 6.09. The van der Waals surface area contributed by atoms with Crippen molar-refractivity contribution >= 4 is 28.0 Å². The molecule has 0 aliphatic heterocycles. The van der Waals surface area contributed by atoms with E-state index in [9.17, 15) is 0 Å². The van der Waals surface area contributed by atoms with Gasteiger partial charge in [0.15, 0.2) is 0 Å². The first-order valence-corrected chi connectivity index (χ1v) is 15.2. The van der Waals surface area contributed by atoms with Crippen LogP contribution in [0.5, 0.6) is 0 Å². The number of hydrogen-bond acceptors (Lipinski definition) is 2. The fraction of sp³-hybridized carbons (Fsp3) is 0.0714. The molecular formula is C42H32N2. The second-order valence-corrected chi connectivity index (χ2v) is 12.1. The van der Waals surface area contributed by atoms with Gasteiger partial charge in [-0.25, -0.2) is 4.98 Å². The lowest BCUT2D eigenvalue weighted by Gasteiger charge is -2.30. The largest absolute Gasteiger partial charge is 0.294 e. The predicted octanol–water partition coefficient (Wildman–Crippen LogP) is 11.3. The number of rotatable bonds is 5. The first kappa shape index (κ1) is 26.2. The molecule has 7 aromatic rings. The maximum atomic E-state index is 5.14. The fourth-order valence-corrected chi connectivity index (χ4v) is 6.85. The van der Waals surface area contributed by atoms with Crippen LogP contribution in [0.3, 0.4) is 0 Å². The minimum Gasteiger partial charge on any atom is -0.294 e. The zero-order valence-corrected chi connectivity index (χ0v) is 24.9. The zero-order chi connectivity index (χ0) is 29.7. The van der Waals surface area contributed by atoms with Crippen molar-refractivity contribution in [2.45, 2.75) is 19.3 Å². The molecule has 0 saturated carbocycles. The van der Waals surface area contributed by atoms with Gasteiger partial charge in [0.05, 0.1) is 5.69 Å². The van der Waals surface area contributed by atoms with Gasteiger partial charge in [-0.15, -0.1) is 0 Å². The van der Waals surface area contributed by atoms with Crippen molar-refractivity contribution in [2.75, 3.05) is 4.90 Å². The first-order valence-electron chi connectivity index (χ1n) is 15.2. The molecule has 1 heterocycles. The van der Waals surface area contributed by atoms with Gasteiger partial charge in [-0.2, -0.15) is 0 Å². The topological polar surface area (TPSA) is 16.1 Å². The van der Waals surface area contributed by atoms with E-state index in [1.165, 1.54) is 49.8 Å². The molecule has 6 aromatic carbocycles. The number of anilines is 3. The van der Waals surface area contributed by atoms with Crippen LogP contribution in [0.4, 0.5) is 17.2 Å². The molecule has 0 fully saturated rings. The zero-order valence-electron chi connectivity index (χ0n) is 24.9. The van der Waals surface area contributed by atoms with E-state index in [1.54, 1.807) is 0 Å². The molecule has 0 bridgehead atoms. The lowest BCUT2D eigenvalue weighted by Crippen LogP contribution is -2.17. The summed E-state index contributed by atoms with van der Waals surface area (Å²) in [7, 11) is 0. The maximum Gasteiger partial charge on any atom is 0.137 e. The van der Waals surface area contributed by atoms with Crippen LogP contribution in [0, 0.1) is 0 Å². The minimum atomic E-state index is -0.127. The number of aromatic nitrogens is 1. The molecule has 0 radical (unpaired) electrons. The molecule has 0 spiro atoms. The summed E-state index contributed by atoms with van der Waals surface area (Å²) in [4.78, 5) is 7.50. The SMILES string of the molecule is CC1(C)c2ccccc2-c2c1cc1ccccc1c2N(c1ccc(-c2ccccc2)cc1)c1ccc(-c2ccccc2)cn1. The molecule has 0 atom stereocenters. The smallest absolute Gasteiger partial charge is 0.137 e. The number of hydrogen-bond donors (Lipinski definition) is 0. The summed E-state index contributed by atoms with van der Waals surface area (Å²) in [5.74, 6) is 0.887. The van der Waals surface area contributed by atoms with Gasteiger partial charge in [-0.05, 0) is 69.1 Å². The van der Waals surface area contributed by atoms with Crippen molar-refractivity contribution in [3.63, 3.8) is 0 Å². The molecule has 8 rings (SSSR count). The van der Waals surface area contributed by atoms with Crippen molar-refractivity contribution in [2.24, 2.45) is 0 Å². The van der Waals surface area contributed by atoms with Gasteiger partial charge in [0.25, 0.3) is 0 Å². The first-order chi connectivity index (χ1) is 21.6. The Kier molecular flexibility index (Phi) is 6.16. The van der Waals surface area contributed by atoms with E-state index in [4.69, 9.17) is 4.98 Å².